The van der Waals surface area contributed by atoms with Crippen LogP contribution < -0.4 is 10.5 Å². The fourth-order valence-electron chi connectivity index (χ4n) is 6.00. The Morgan fingerprint density at radius 3 is 2.43 bits per heavy atom. The molecule has 1 fully saturated rings. The van der Waals surface area contributed by atoms with Crippen molar-refractivity contribution in [2.75, 3.05) is 13.2 Å². The molecule has 0 amide bonds. The van der Waals surface area contributed by atoms with Gasteiger partial charge >= 0.3 is 5.97 Å². The average molecular weight is 541 g/mol. The summed E-state index contributed by atoms with van der Waals surface area (Å²) in [6.07, 6.45) is 6.53. The van der Waals surface area contributed by atoms with Crippen LogP contribution in [0.3, 0.4) is 0 Å². The van der Waals surface area contributed by atoms with Crippen molar-refractivity contribution in [3.8, 4) is 5.75 Å². The van der Waals surface area contributed by atoms with E-state index < -0.39 is 12.6 Å². The van der Waals surface area contributed by atoms with Crippen LogP contribution in [-0.4, -0.2) is 24.2 Å². The van der Waals surface area contributed by atoms with E-state index in [0.717, 1.165) is 12.5 Å². The van der Waals surface area contributed by atoms with Crippen LogP contribution in [0.5, 0.6) is 5.75 Å². The van der Waals surface area contributed by atoms with Crippen LogP contribution in [-0.2, 0) is 16.6 Å². The molecule has 0 spiro atoms. The van der Waals surface area contributed by atoms with Crippen LogP contribution in [0.15, 0.2) is 30.3 Å². The molecule has 2 aromatic carbocycles. The molecule has 0 aliphatic heterocycles. The Morgan fingerprint density at radius 1 is 1.11 bits per heavy atom. The summed E-state index contributed by atoms with van der Waals surface area (Å²) in [5.41, 5.74) is 11.6. The first-order valence-corrected chi connectivity index (χ1v) is 13.4. The lowest BCUT2D eigenvalue weighted by Crippen LogP contribution is -2.51. The largest absolute Gasteiger partial charge is 0.480 e. The van der Waals surface area contributed by atoms with Gasteiger partial charge in [-0.15, -0.1) is 0 Å². The zero-order valence-electron chi connectivity index (χ0n) is 21.0. The molecule has 2 aromatic rings. The number of ether oxygens (including phenoxy) is 1. The maximum Gasteiger partial charge on any atom is 0.341 e. The predicted octanol–water partition coefficient (Wildman–Crippen LogP) is 7.89. The van der Waals surface area contributed by atoms with Gasteiger partial charge in [0.2, 0.25) is 0 Å². The molecule has 2 aliphatic rings. The normalized spacial score (nSPS) is 25.2. The van der Waals surface area contributed by atoms with Crippen LogP contribution in [0.2, 0.25) is 15.1 Å². The summed E-state index contributed by atoms with van der Waals surface area (Å²) >= 11 is 17.1. The number of fused-ring (bicyclic) bond motifs is 3. The van der Waals surface area contributed by atoms with Crippen LogP contribution in [0, 0.1) is 11.3 Å². The van der Waals surface area contributed by atoms with Gasteiger partial charge in [0.1, 0.15) is 5.75 Å². The number of hydrogen-bond acceptors (Lipinski definition) is 3. The third-order valence-corrected chi connectivity index (χ3v) is 8.98. The number of rotatable bonds is 5. The SMILES string of the molecule is CC(C)c1ccc2c(c1)CCC1C(C)(CN)CCCC21C.O=C(O)COc1cc(Cl)c(Cl)cc1Cl. The number of carbonyl (C=O) groups is 1. The minimum Gasteiger partial charge on any atom is -0.480 e. The van der Waals surface area contributed by atoms with Gasteiger partial charge in [0, 0.05) is 6.07 Å². The first-order chi connectivity index (χ1) is 16.4. The Morgan fingerprint density at radius 2 is 1.80 bits per heavy atom. The molecule has 3 atom stereocenters. The van der Waals surface area contributed by atoms with Gasteiger partial charge in [-0.1, -0.05) is 87.1 Å². The van der Waals surface area contributed by atoms with Crippen molar-refractivity contribution in [2.24, 2.45) is 17.1 Å². The first kappa shape index (κ1) is 28.1. The second kappa shape index (κ2) is 11.3. The Kier molecular flexibility index (Phi) is 9.07. The number of aliphatic carboxylic acids is 1. The molecule has 35 heavy (non-hydrogen) atoms. The van der Waals surface area contributed by atoms with Crippen LogP contribution in [0.1, 0.15) is 76.0 Å². The molecule has 1 saturated carbocycles. The Balaban J connectivity index is 0.000000214. The van der Waals surface area contributed by atoms with Gasteiger partial charge in [0.05, 0.1) is 15.1 Å². The monoisotopic (exact) mass is 539 g/mol. The smallest absolute Gasteiger partial charge is 0.341 e. The van der Waals surface area contributed by atoms with E-state index >= 15 is 0 Å². The minimum absolute atomic E-state index is 0.198. The Bertz CT molecular complexity index is 1070. The lowest BCUT2D eigenvalue weighted by atomic mass is 9.50. The molecule has 2 aliphatic carbocycles. The molecular weight excluding hydrogens is 505 g/mol. The van der Waals surface area contributed by atoms with Gasteiger partial charge in [-0.05, 0) is 77.7 Å². The van der Waals surface area contributed by atoms with Crippen molar-refractivity contribution < 1.29 is 14.6 Å². The average Bonchev–Trinajstić information content (AvgIpc) is 2.80. The number of nitrogens with two attached hydrogens (primary N) is 1. The van der Waals surface area contributed by atoms with Crippen molar-refractivity contribution in [2.45, 2.75) is 71.1 Å². The summed E-state index contributed by atoms with van der Waals surface area (Å²) in [5.74, 6) is 0.484. The molecule has 192 valence electrons. The fraction of sp³-hybridized carbons (Fsp3) is 0.536. The zero-order chi connectivity index (χ0) is 26.0. The zero-order valence-corrected chi connectivity index (χ0v) is 23.2. The summed E-state index contributed by atoms with van der Waals surface area (Å²) in [5, 5.41) is 9.14. The molecule has 4 nitrogen and oxygen atoms in total. The summed E-state index contributed by atoms with van der Waals surface area (Å²) < 4.78 is 4.86. The number of carboxylic acids is 1. The van der Waals surface area contributed by atoms with E-state index in [4.69, 9.17) is 50.4 Å². The summed E-state index contributed by atoms with van der Waals surface area (Å²) in [7, 11) is 0. The van der Waals surface area contributed by atoms with Gasteiger partial charge < -0.3 is 15.6 Å². The highest BCUT2D eigenvalue weighted by atomic mass is 35.5. The molecular formula is C28H36Cl3NO3. The molecule has 0 saturated heterocycles. The van der Waals surface area contributed by atoms with Crippen LogP contribution in [0.4, 0.5) is 0 Å². The molecule has 4 rings (SSSR count). The lowest BCUT2D eigenvalue weighted by Gasteiger charge is -2.55. The number of halogens is 3. The highest BCUT2D eigenvalue weighted by Gasteiger charge is 2.50. The molecule has 0 radical (unpaired) electrons. The van der Waals surface area contributed by atoms with Gasteiger partial charge in [0.25, 0.3) is 0 Å². The van der Waals surface area contributed by atoms with E-state index in [1.165, 1.54) is 49.8 Å². The van der Waals surface area contributed by atoms with E-state index in [1.807, 2.05) is 0 Å². The summed E-state index contributed by atoms with van der Waals surface area (Å²) in [6.45, 7) is 9.90. The number of hydrogen-bond donors (Lipinski definition) is 2. The van der Waals surface area contributed by atoms with Gasteiger partial charge in [-0.3, -0.25) is 0 Å². The van der Waals surface area contributed by atoms with E-state index in [0.29, 0.717) is 21.8 Å². The van der Waals surface area contributed by atoms with Gasteiger partial charge in [-0.25, -0.2) is 4.79 Å². The van der Waals surface area contributed by atoms with Gasteiger partial charge in [0.15, 0.2) is 6.61 Å². The van der Waals surface area contributed by atoms with Crippen LogP contribution in [0.25, 0.3) is 0 Å². The standard InChI is InChI=1S/C20H31N.C8H5Cl3O3/c1-14(2)15-6-8-17-16(12-15)7-9-18-19(3,13-21)10-5-11-20(17,18)4;9-4-1-6(11)7(2-5(4)10)14-3-8(12)13/h6,8,12,14,18H,5,7,9-11,13,21H2,1-4H3;1-2H,3H2,(H,12,13). The molecule has 3 unspecified atom stereocenters. The highest BCUT2D eigenvalue weighted by molar-refractivity contribution is 6.43. The molecule has 3 N–H and O–H groups in total. The second-order valence-electron chi connectivity index (χ2n) is 10.7. The van der Waals surface area contributed by atoms with E-state index in [-0.39, 0.29) is 15.8 Å². The first-order valence-electron chi connectivity index (χ1n) is 12.2. The predicted molar refractivity (Wildman–Crippen MR) is 145 cm³/mol. The summed E-state index contributed by atoms with van der Waals surface area (Å²) in [4.78, 5) is 10.2. The van der Waals surface area contributed by atoms with Crippen molar-refractivity contribution >= 4 is 40.8 Å². The molecule has 0 aromatic heterocycles. The van der Waals surface area contributed by atoms with E-state index in [2.05, 4.69) is 45.9 Å². The Hall–Kier alpha value is -1.46. The third kappa shape index (κ3) is 6.10. The molecule has 0 heterocycles. The maximum absolute atomic E-state index is 10.2. The molecule has 7 heteroatoms. The van der Waals surface area contributed by atoms with Crippen LogP contribution >= 0.6 is 34.8 Å². The minimum atomic E-state index is -1.09. The van der Waals surface area contributed by atoms with Crippen molar-refractivity contribution in [3.63, 3.8) is 0 Å². The Labute approximate surface area is 224 Å². The van der Waals surface area contributed by atoms with Crippen molar-refractivity contribution in [1.82, 2.24) is 0 Å². The topological polar surface area (TPSA) is 72.6 Å². The van der Waals surface area contributed by atoms with Crippen molar-refractivity contribution in [3.05, 3.63) is 62.1 Å². The summed E-state index contributed by atoms with van der Waals surface area (Å²) in [6, 6.07) is 10.1. The fourth-order valence-corrected chi connectivity index (χ4v) is 6.59. The lowest BCUT2D eigenvalue weighted by molar-refractivity contribution is -0.139. The highest BCUT2D eigenvalue weighted by Crippen LogP contribution is 2.57. The second-order valence-corrected chi connectivity index (χ2v) is 11.9. The number of benzene rings is 2. The third-order valence-electron chi connectivity index (χ3n) is 7.96. The van der Waals surface area contributed by atoms with E-state index in [1.54, 1.807) is 11.1 Å². The van der Waals surface area contributed by atoms with E-state index in [9.17, 15) is 4.79 Å². The number of carboxylic acid groups (broad SMARTS) is 1. The maximum atomic E-state index is 10.2. The number of aryl methyl sites for hydroxylation is 1. The van der Waals surface area contributed by atoms with Gasteiger partial charge in [-0.2, -0.15) is 0 Å². The molecule has 0 bridgehead atoms. The quantitative estimate of drug-likeness (QED) is 0.378. The van der Waals surface area contributed by atoms with Crippen molar-refractivity contribution in [1.29, 1.82) is 0 Å².